The van der Waals surface area contributed by atoms with Gasteiger partial charge in [0, 0.05) is 31.0 Å². The molecule has 128 valence electrons. The SMILES string of the molecule is CN(Cc1ccccc1)C(=O)CCN1C(=O)c2ccc(Br)cc2C1=O. The van der Waals surface area contributed by atoms with Crippen molar-refractivity contribution in [3.05, 3.63) is 69.7 Å². The van der Waals surface area contributed by atoms with Gasteiger partial charge in [-0.3, -0.25) is 19.3 Å². The minimum atomic E-state index is -0.347. The van der Waals surface area contributed by atoms with Gasteiger partial charge in [0.15, 0.2) is 0 Å². The highest BCUT2D eigenvalue weighted by molar-refractivity contribution is 9.10. The molecule has 0 saturated carbocycles. The molecular formula is C19H17BrN2O3. The number of hydrogen-bond acceptors (Lipinski definition) is 3. The zero-order chi connectivity index (χ0) is 18.0. The molecule has 6 heteroatoms. The Hall–Kier alpha value is -2.47. The molecule has 1 heterocycles. The first-order valence-corrected chi connectivity index (χ1v) is 8.70. The molecule has 0 aliphatic carbocycles. The summed E-state index contributed by atoms with van der Waals surface area (Å²) in [5.41, 5.74) is 1.80. The minimum absolute atomic E-state index is 0.0852. The number of halogens is 1. The molecule has 3 rings (SSSR count). The van der Waals surface area contributed by atoms with Crippen LogP contribution in [-0.2, 0) is 11.3 Å². The molecule has 0 spiro atoms. The second-order valence-corrected chi connectivity index (χ2v) is 6.85. The largest absolute Gasteiger partial charge is 0.341 e. The fourth-order valence-corrected chi connectivity index (χ4v) is 3.17. The Labute approximate surface area is 154 Å². The van der Waals surface area contributed by atoms with Crippen molar-refractivity contribution in [2.45, 2.75) is 13.0 Å². The van der Waals surface area contributed by atoms with Gasteiger partial charge < -0.3 is 4.90 Å². The Morgan fingerprint density at radius 3 is 2.44 bits per heavy atom. The predicted octanol–water partition coefficient (Wildman–Crippen LogP) is 3.09. The number of hydrogen-bond donors (Lipinski definition) is 0. The van der Waals surface area contributed by atoms with Crippen molar-refractivity contribution in [3.8, 4) is 0 Å². The van der Waals surface area contributed by atoms with Crippen molar-refractivity contribution < 1.29 is 14.4 Å². The monoisotopic (exact) mass is 400 g/mol. The Balaban J connectivity index is 1.61. The molecule has 0 unspecified atom stereocenters. The van der Waals surface area contributed by atoms with E-state index in [2.05, 4.69) is 15.9 Å². The zero-order valence-electron chi connectivity index (χ0n) is 13.7. The standard InChI is InChI=1S/C19H17BrN2O3/c1-21(12-13-5-3-2-4-6-13)17(23)9-10-22-18(24)15-8-7-14(20)11-16(15)19(22)25/h2-8,11H,9-10,12H2,1H3. The molecule has 0 N–H and O–H groups in total. The zero-order valence-corrected chi connectivity index (χ0v) is 15.3. The van der Waals surface area contributed by atoms with E-state index in [0.717, 1.165) is 14.9 Å². The van der Waals surface area contributed by atoms with Crippen LogP contribution in [-0.4, -0.2) is 41.1 Å². The Kier molecular flexibility index (Phi) is 4.99. The Morgan fingerprint density at radius 2 is 1.72 bits per heavy atom. The molecule has 0 atom stereocenters. The lowest BCUT2D eigenvalue weighted by Crippen LogP contribution is -2.35. The molecule has 25 heavy (non-hydrogen) atoms. The van der Waals surface area contributed by atoms with Gasteiger partial charge in [-0.25, -0.2) is 0 Å². The smallest absolute Gasteiger partial charge is 0.261 e. The van der Waals surface area contributed by atoms with Crippen molar-refractivity contribution in [2.24, 2.45) is 0 Å². The predicted molar refractivity (Wildman–Crippen MR) is 97.0 cm³/mol. The third-order valence-electron chi connectivity index (χ3n) is 4.17. The first kappa shape index (κ1) is 17.4. The fraction of sp³-hybridized carbons (Fsp3) is 0.211. The average Bonchev–Trinajstić information content (AvgIpc) is 2.84. The quantitative estimate of drug-likeness (QED) is 0.724. The van der Waals surface area contributed by atoms with Crippen LogP contribution in [0.4, 0.5) is 0 Å². The van der Waals surface area contributed by atoms with Crippen LogP contribution in [0.5, 0.6) is 0 Å². The first-order chi connectivity index (χ1) is 12.0. The number of amides is 3. The summed E-state index contributed by atoms with van der Waals surface area (Å²) in [4.78, 5) is 39.8. The van der Waals surface area contributed by atoms with Crippen LogP contribution in [0.1, 0.15) is 32.7 Å². The lowest BCUT2D eigenvalue weighted by atomic mass is 10.1. The third kappa shape index (κ3) is 3.64. The van der Waals surface area contributed by atoms with Gasteiger partial charge in [-0.05, 0) is 23.8 Å². The number of carbonyl (C=O) groups excluding carboxylic acids is 3. The number of carbonyl (C=O) groups is 3. The van der Waals surface area contributed by atoms with E-state index in [4.69, 9.17) is 0 Å². The lowest BCUT2D eigenvalue weighted by Gasteiger charge is -2.19. The summed E-state index contributed by atoms with van der Waals surface area (Å²) in [5, 5.41) is 0. The lowest BCUT2D eigenvalue weighted by molar-refractivity contribution is -0.130. The normalized spacial score (nSPS) is 13.1. The van der Waals surface area contributed by atoms with Crippen molar-refractivity contribution >= 4 is 33.7 Å². The maximum Gasteiger partial charge on any atom is 0.261 e. The van der Waals surface area contributed by atoms with Crippen molar-refractivity contribution in [1.82, 2.24) is 9.80 Å². The van der Waals surface area contributed by atoms with Gasteiger partial charge >= 0.3 is 0 Å². The van der Waals surface area contributed by atoms with Gasteiger partial charge in [0.25, 0.3) is 11.8 Å². The third-order valence-corrected chi connectivity index (χ3v) is 4.66. The van der Waals surface area contributed by atoms with E-state index in [9.17, 15) is 14.4 Å². The van der Waals surface area contributed by atoms with Crippen molar-refractivity contribution in [1.29, 1.82) is 0 Å². The number of fused-ring (bicyclic) bond motifs is 1. The molecular weight excluding hydrogens is 384 g/mol. The number of benzene rings is 2. The molecule has 2 aromatic rings. The number of rotatable bonds is 5. The van der Waals surface area contributed by atoms with E-state index < -0.39 is 0 Å². The van der Waals surface area contributed by atoms with Crippen LogP contribution in [0.25, 0.3) is 0 Å². The maximum atomic E-state index is 12.4. The Morgan fingerprint density at radius 1 is 1.04 bits per heavy atom. The average molecular weight is 401 g/mol. The molecule has 0 aromatic heterocycles. The first-order valence-electron chi connectivity index (χ1n) is 7.91. The molecule has 3 amide bonds. The molecule has 2 aromatic carbocycles. The summed E-state index contributed by atoms with van der Waals surface area (Å²) in [7, 11) is 1.72. The van der Waals surface area contributed by atoms with E-state index in [0.29, 0.717) is 17.7 Å². The fourth-order valence-electron chi connectivity index (χ4n) is 2.81. The highest BCUT2D eigenvalue weighted by Crippen LogP contribution is 2.26. The summed E-state index contributed by atoms with van der Waals surface area (Å²) in [6.45, 7) is 0.580. The van der Waals surface area contributed by atoms with E-state index in [1.807, 2.05) is 30.3 Å². The van der Waals surface area contributed by atoms with Crippen LogP contribution in [0.2, 0.25) is 0 Å². The molecule has 5 nitrogen and oxygen atoms in total. The van der Waals surface area contributed by atoms with E-state index >= 15 is 0 Å². The summed E-state index contributed by atoms with van der Waals surface area (Å²) >= 11 is 3.30. The number of nitrogens with zero attached hydrogens (tertiary/aromatic N) is 2. The summed E-state index contributed by atoms with van der Waals surface area (Å²) in [6.07, 6.45) is 0.107. The van der Waals surface area contributed by atoms with Gasteiger partial charge in [0.2, 0.25) is 5.91 Å². The molecule has 0 radical (unpaired) electrons. The van der Waals surface area contributed by atoms with Gasteiger partial charge in [-0.2, -0.15) is 0 Å². The number of imide groups is 1. The molecule has 0 saturated heterocycles. The van der Waals surface area contributed by atoms with Gasteiger partial charge in [-0.1, -0.05) is 46.3 Å². The molecule has 1 aliphatic rings. The summed E-state index contributed by atoms with van der Waals surface area (Å²) < 4.78 is 0.743. The molecule has 0 bridgehead atoms. The second kappa shape index (κ2) is 7.19. The second-order valence-electron chi connectivity index (χ2n) is 5.94. The van der Waals surface area contributed by atoms with Crippen molar-refractivity contribution in [3.63, 3.8) is 0 Å². The van der Waals surface area contributed by atoms with E-state index in [1.54, 1.807) is 30.1 Å². The van der Waals surface area contributed by atoms with Crippen LogP contribution < -0.4 is 0 Å². The van der Waals surface area contributed by atoms with Crippen LogP contribution in [0.15, 0.2) is 53.0 Å². The Bertz CT molecular complexity index is 836. The minimum Gasteiger partial charge on any atom is -0.341 e. The summed E-state index contributed by atoms with van der Waals surface area (Å²) in [6, 6.07) is 14.7. The van der Waals surface area contributed by atoms with E-state index in [1.165, 1.54) is 0 Å². The van der Waals surface area contributed by atoms with Gasteiger partial charge in [0.05, 0.1) is 11.1 Å². The van der Waals surface area contributed by atoms with Crippen LogP contribution >= 0.6 is 15.9 Å². The van der Waals surface area contributed by atoms with Crippen LogP contribution in [0, 0.1) is 0 Å². The molecule has 0 fully saturated rings. The highest BCUT2D eigenvalue weighted by atomic mass is 79.9. The summed E-state index contributed by atoms with van der Waals surface area (Å²) in [5.74, 6) is -0.799. The maximum absolute atomic E-state index is 12.4. The van der Waals surface area contributed by atoms with Crippen molar-refractivity contribution in [2.75, 3.05) is 13.6 Å². The van der Waals surface area contributed by atoms with E-state index in [-0.39, 0.29) is 30.7 Å². The van der Waals surface area contributed by atoms with Gasteiger partial charge in [0.1, 0.15) is 0 Å². The van der Waals surface area contributed by atoms with Gasteiger partial charge in [-0.15, -0.1) is 0 Å². The van der Waals surface area contributed by atoms with Crippen LogP contribution in [0.3, 0.4) is 0 Å². The highest BCUT2D eigenvalue weighted by Gasteiger charge is 2.35. The topological polar surface area (TPSA) is 57.7 Å². The molecule has 1 aliphatic heterocycles.